The summed E-state index contributed by atoms with van der Waals surface area (Å²) in [5, 5.41) is 0. The zero-order valence-electron chi connectivity index (χ0n) is 17.6. The largest absolute Gasteiger partial charge is 0.0654 e. The van der Waals surface area contributed by atoms with Crippen LogP contribution >= 0.6 is 0 Å². The maximum atomic E-state index is 2.42. The minimum Gasteiger partial charge on any atom is -0.0654 e. The van der Waals surface area contributed by atoms with Crippen LogP contribution in [0.1, 0.15) is 108 Å². The number of hydrogen-bond donors (Lipinski definition) is 0. The normalized spacial score (nSPS) is 25.9. The molecule has 0 N–H and O–H groups in total. The van der Waals surface area contributed by atoms with Crippen LogP contribution in [0.2, 0.25) is 0 Å². The summed E-state index contributed by atoms with van der Waals surface area (Å²) in [6, 6.07) is 9.59. The van der Waals surface area contributed by atoms with Gasteiger partial charge in [-0.05, 0) is 73.3 Å². The standard InChI is InChI=1S/C26H42/c1-3-8-22-10-12-24(13-11-22)18-21-26(19-6-5-7-20-26)25-16-14-23(9-4-2)15-17-25/h10-13,23,25H,3-9,14-21H2,1-2H3. The molecule has 2 aliphatic rings. The highest BCUT2D eigenvalue weighted by Gasteiger charge is 2.40. The molecule has 26 heavy (non-hydrogen) atoms. The summed E-state index contributed by atoms with van der Waals surface area (Å²) in [7, 11) is 0. The van der Waals surface area contributed by atoms with Gasteiger partial charge in [0.25, 0.3) is 0 Å². The first-order valence-electron chi connectivity index (χ1n) is 11.8. The Labute approximate surface area is 163 Å². The predicted octanol–water partition coefficient (Wildman–Crippen LogP) is 8.13. The number of benzene rings is 1. The zero-order valence-corrected chi connectivity index (χ0v) is 17.6. The van der Waals surface area contributed by atoms with Crippen molar-refractivity contribution in [2.45, 2.75) is 110 Å². The molecule has 1 aromatic carbocycles. The predicted molar refractivity (Wildman–Crippen MR) is 115 cm³/mol. The summed E-state index contributed by atoms with van der Waals surface area (Å²) in [5.74, 6) is 2.07. The van der Waals surface area contributed by atoms with Gasteiger partial charge >= 0.3 is 0 Å². The second-order valence-corrected chi connectivity index (χ2v) is 9.50. The molecule has 0 bridgehead atoms. The molecule has 0 heterocycles. The third-order valence-corrected chi connectivity index (χ3v) is 7.73. The Kier molecular flexibility index (Phi) is 7.64. The topological polar surface area (TPSA) is 0 Å². The minimum atomic E-state index is 0.678. The van der Waals surface area contributed by atoms with Crippen LogP contribution in [0, 0.1) is 17.3 Å². The van der Waals surface area contributed by atoms with Crippen LogP contribution in [0.15, 0.2) is 24.3 Å². The van der Waals surface area contributed by atoms with Crippen LogP contribution < -0.4 is 0 Å². The SMILES string of the molecule is CCCc1ccc(CCC2(C3CCC(CCC)CC3)CCCCC2)cc1. The van der Waals surface area contributed by atoms with E-state index in [0.717, 1.165) is 11.8 Å². The molecule has 0 unspecified atom stereocenters. The molecule has 146 valence electrons. The van der Waals surface area contributed by atoms with Gasteiger partial charge in [0, 0.05) is 0 Å². The molecule has 1 aromatic rings. The Bertz CT molecular complexity index is 497. The molecule has 2 saturated carbocycles. The minimum absolute atomic E-state index is 0.678. The van der Waals surface area contributed by atoms with Crippen LogP contribution in [0.4, 0.5) is 0 Å². The van der Waals surface area contributed by atoms with Gasteiger partial charge in [0.15, 0.2) is 0 Å². The Morgan fingerprint density at radius 2 is 1.38 bits per heavy atom. The molecule has 0 saturated heterocycles. The van der Waals surface area contributed by atoms with E-state index in [1.807, 2.05) is 0 Å². The molecule has 2 fully saturated rings. The van der Waals surface area contributed by atoms with Crippen molar-refractivity contribution in [3.63, 3.8) is 0 Å². The maximum absolute atomic E-state index is 2.42. The first kappa shape index (κ1) is 20.0. The molecule has 3 rings (SSSR count). The lowest BCUT2D eigenvalue weighted by Gasteiger charge is -2.47. The molecule has 0 spiro atoms. The van der Waals surface area contributed by atoms with Crippen molar-refractivity contribution in [2.24, 2.45) is 17.3 Å². The highest BCUT2D eigenvalue weighted by molar-refractivity contribution is 5.23. The second kappa shape index (κ2) is 9.95. The van der Waals surface area contributed by atoms with E-state index in [1.54, 1.807) is 5.56 Å². The van der Waals surface area contributed by atoms with E-state index in [4.69, 9.17) is 0 Å². The average molecular weight is 355 g/mol. The van der Waals surface area contributed by atoms with E-state index in [9.17, 15) is 0 Å². The summed E-state index contributed by atoms with van der Waals surface area (Å²) in [6.07, 6.45) is 21.7. The number of hydrogen-bond acceptors (Lipinski definition) is 0. The van der Waals surface area contributed by atoms with Gasteiger partial charge in [-0.1, -0.05) is 89.5 Å². The smallest absolute Gasteiger partial charge is 0.0266 e. The molecule has 0 atom stereocenters. The fourth-order valence-electron chi connectivity index (χ4n) is 6.14. The molecule has 0 heteroatoms. The van der Waals surface area contributed by atoms with Gasteiger partial charge in [0.05, 0.1) is 0 Å². The van der Waals surface area contributed by atoms with E-state index in [0.29, 0.717) is 5.41 Å². The molecule has 0 aromatic heterocycles. The van der Waals surface area contributed by atoms with Crippen LogP contribution in [-0.4, -0.2) is 0 Å². The van der Waals surface area contributed by atoms with Crippen molar-refractivity contribution in [2.75, 3.05) is 0 Å². The molecule has 0 aliphatic heterocycles. The van der Waals surface area contributed by atoms with Crippen LogP contribution in [0.25, 0.3) is 0 Å². The van der Waals surface area contributed by atoms with E-state index in [2.05, 4.69) is 38.1 Å². The molecule has 0 nitrogen and oxygen atoms in total. The molecule has 0 amide bonds. The summed E-state index contributed by atoms with van der Waals surface area (Å²) < 4.78 is 0. The summed E-state index contributed by atoms with van der Waals surface area (Å²) in [6.45, 7) is 4.64. The highest BCUT2D eigenvalue weighted by Crippen LogP contribution is 2.52. The molecular formula is C26H42. The summed E-state index contributed by atoms with van der Waals surface area (Å²) in [5.41, 5.74) is 3.77. The van der Waals surface area contributed by atoms with Gasteiger partial charge < -0.3 is 0 Å². The van der Waals surface area contributed by atoms with Crippen molar-refractivity contribution < 1.29 is 0 Å². The van der Waals surface area contributed by atoms with Gasteiger partial charge in [0.2, 0.25) is 0 Å². The van der Waals surface area contributed by atoms with Gasteiger partial charge in [-0.15, -0.1) is 0 Å². The Hall–Kier alpha value is -0.780. The first-order valence-corrected chi connectivity index (χ1v) is 11.8. The van der Waals surface area contributed by atoms with Crippen molar-refractivity contribution >= 4 is 0 Å². The quantitative estimate of drug-likeness (QED) is 0.442. The number of rotatable bonds is 8. The number of aryl methyl sites for hydroxylation is 2. The van der Waals surface area contributed by atoms with Crippen LogP contribution in [-0.2, 0) is 12.8 Å². The fourth-order valence-corrected chi connectivity index (χ4v) is 6.14. The summed E-state index contributed by atoms with van der Waals surface area (Å²) >= 11 is 0. The van der Waals surface area contributed by atoms with E-state index in [1.165, 1.54) is 102 Å². The first-order chi connectivity index (χ1) is 12.8. The van der Waals surface area contributed by atoms with E-state index in [-0.39, 0.29) is 0 Å². The fraction of sp³-hybridized carbons (Fsp3) is 0.769. The summed E-state index contributed by atoms with van der Waals surface area (Å²) in [4.78, 5) is 0. The Morgan fingerprint density at radius 3 is 1.96 bits per heavy atom. The van der Waals surface area contributed by atoms with Crippen molar-refractivity contribution in [3.05, 3.63) is 35.4 Å². The van der Waals surface area contributed by atoms with Crippen LogP contribution in [0.3, 0.4) is 0 Å². The Balaban J connectivity index is 1.60. The van der Waals surface area contributed by atoms with Gasteiger partial charge in [-0.2, -0.15) is 0 Å². The third-order valence-electron chi connectivity index (χ3n) is 7.73. The van der Waals surface area contributed by atoms with Gasteiger partial charge in [-0.3, -0.25) is 0 Å². The Morgan fingerprint density at radius 1 is 0.769 bits per heavy atom. The van der Waals surface area contributed by atoms with E-state index < -0.39 is 0 Å². The van der Waals surface area contributed by atoms with Crippen molar-refractivity contribution in [1.82, 2.24) is 0 Å². The molecule has 0 radical (unpaired) electrons. The molecule has 2 aliphatic carbocycles. The maximum Gasteiger partial charge on any atom is -0.0266 e. The van der Waals surface area contributed by atoms with Gasteiger partial charge in [-0.25, -0.2) is 0 Å². The highest BCUT2D eigenvalue weighted by atomic mass is 14.5. The average Bonchev–Trinajstić information content (AvgIpc) is 2.69. The second-order valence-electron chi connectivity index (χ2n) is 9.50. The lowest BCUT2D eigenvalue weighted by Crippen LogP contribution is -2.36. The van der Waals surface area contributed by atoms with E-state index >= 15 is 0 Å². The van der Waals surface area contributed by atoms with Gasteiger partial charge in [0.1, 0.15) is 0 Å². The third kappa shape index (κ3) is 5.14. The van der Waals surface area contributed by atoms with Crippen LogP contribution in [0.5, 0.6) is 0 Å². The van der Waals surface area contributed by atoms with Crippen molar-refractivity contribution in [1.29, 1.82) is 0 Å². The zero-order chi connectivity index (χ0) is 18.2. The van der Waals surface area contributed by atoms with Crippen molar-refractivity contribution in [3.8, 4) is 0 Å². The molecular weight excluding hydrogens is 312 g/mol. The lowest BCUT2D eigenvalue weighted by atomic mass is 9.58. The monoisotopic (exact) mass is 354 g/mol. The lowest BCUT2D eigenvalue weighted by molar-refractivity contribution is 0.0454.